The average molecular weight is 274 g/mol. The van der Waals surface area contributed by atoms with Crippen molar-refractivity contribution in [3.8, 4) is 0 Å². The van der Waals surface area contributed by atoms with Gasteiger partial charge < -0.3 is 10.2 Å². The minimum atomic E-state index is -0.211. The first-order chi connectivity index (χ1) is 9.74. The van der Waals surface area contributed by atoms with Crippen molar-refractivity contribution in [2.24, 2.45) is 5.73 Å². The van der Waals surface area contributed by atoms with Gasteiger partial charge in [0.1, 0.15) is 11.6 Å². The van der Waals surface area contributed by atoms with Gasteiger partial charge in [-0.15, -0.1) is 0 Å². The van der Waals surface area contributed by atoms with Gasteiger partial charge in [-0.25, -0.2) is 4.39 Å². The number of nitrogens with two attached hydrogens (primary N) is 1. The molecule has 106 valence electrons. The lowest BCUT2D eigenvalue weighted by Crippen LogP contribution is -2.25. The summed E-state index contributed by atoms with van der Waals surface area (Å²) < 4.78 is 19.0. The Balaban J connectivity index is 1.74. The number of rotatable bonds is 6. The van der Waals surface area contributed by atoms with E-state index in [0.29, 0.717) is 12.6 Å². The zero-order chi connectivity index (χ0) is 13.9. The van der Waals surface area contributed by atoms with Crippen LogP contribution in [0.5, 0.6) is 0 Å². The van der Waals surface area contributed by atoms with Crippen molar-refractivity contribution in [2.75, 3.05) is 0 Å². The molecular weight excluding hydrogens is 255 g/mol. The molecule has 0 saturated heterocycles. The number of benzene rings is 1. The molecule has 1 heterocycles. The summed E-state index contributed by atoms with van der Waals surface area (Å²) in [5, 5.41) is 0. The van der Waals surface area contributed by atoms with Crippen molar-refractivity contribution < 1.29 is 8.81 Å². The van der Waals surface area contributed by atoms with Crippen LogP contribution in [0, 0.1) is 5.82 Å². The van der Waals surface area contributed by atoms with Gasteiger partial charge in [0.15, 0.2) is 0 Å². The summed E-state index contributed by atoms with van der Waals surface area (Å²) in [5.41, 5.74) is 7.42. The summed E-state index contributed by atoms with van der Waals surface area (Å²) in [6, 6.07) is 9.54. The second kappa shape index (κ2) is 5.77. The smallest absolute Gasteiger partial charge is 0.123 e. The van der Waals surface area contributed by atoms with E-state index in [1.807, 2.05) is 18.2 Å². The van der Waals surface area contributed by atoms with Crippen molar-refractivity contribution in [1.29, 1.82) is 0 Å². The van der Waals surface area contributed by atoms with Gasteiger partial charge >= 0.3 is 0 Å². The highest BCUT2D eigenvalue weighted by Gasteiger charge is 2.29. The Bertz CT molecular complexity index is 564. The Morgan fingerprint density at radius 3 is 2.65 bits per heavy atom. The van der Waals surface area contributed by atoms with E-state index in [2.05, 4.69) is 4.90 Å². The largest absolute Gasteiger partial charge is 0.468 e. The molecule has 0 atom stereocenters. The predicted molar refractivity (Wildman–Crippen MR) is 75.3 cm³/mol. The number of furan rings is 1. The second-order valence-electron chi connectivity index (χ2n) is 5.39. The molecule has 3 rings (SSSR count). The minimum Gasteiger partial charge on any atom is -0.468 e. The van der Waals surface area contributed by atoms with E-state index < -0.39 is 0 Å². The summed E-state index contributed by atoms with van der Waals surface area (Å²) in [6.07, 6.45) is 4.11. The van der Waals surface area contributed by atoms with E-state index in [4.69, 9.17) is 10.2 Å². The van der Waals surface area contributed by atoms with E-state index in [0.717, 1.165) is 30.0 Å². The number of hydrogen-bond acceptors (Lipinski definition) is 3. The molecule has 0 aliphatic heterocycles. The first kappa shape index (κ1) is 13.3. The molecule has 1 aliphatic carbocycles. The van der Waals surface area contributed by atoms with Crippen LogP contribution in [-0.4, -0.2) is 10.9 Å². The first-order valence-electron chi connectivity index (χ1n) is 6.99. The molecule has 0 bridgehead atoms. The van der Waals surface area contributed by atoms with Crippen LogP contribution in [0.25, 0.3) is 0 Å². The second-order valence-corrected chi connectivity index (χ2v) is 5.39. The molecular formula is C16H19FN2O. The molecule has 3 nitrogen and oxygen atoms in total. The molecule has 4 heteroatoms. The third-order valence-corrected chi connectivity index (χ3v) is 3.64. The maximum atomic E-state index is 13.6. The molecule has 0 spiro atoms. The summed E-state index contributed by atoms with van der Waals surface area (Å²) in [5.74, 6) is 0.740. The third-order valence-electron chi connectivity index (χ3n) is 3.64. The molecule has 2 aromatic rings. The van der Waals surface area contributed by atoms with Crippen LogP contribution in [-0.2, 0) is 19.6 Å². The Morgan fingerprint density at radius 2 is 2.00 bits per heavy atom. The fraction of sp³-hybridized carbons (Fsp3) is 0.375. The summed E-state index contributed by atoms with van der Waals surface area (Å²) in [6.45, 7) is 1.87. The van der Waals surface area contributed by atoms with Crippen LogP contribution in [0.4, 0.5) is 4.39 Å². The maximum absolute atomic E-state index is 13.6. The van der Waals surface area contributed by atoms with Crippen molar-refractivity contribution in [3.05, 3.63) is 59.3 Å². The molecule has 0 radical (unpaired) electrons. The van der Waals surface area contributed by atoms with E-state index in [1.165, 1.54) is 18.9 Å². The van der Waals surface area contributed by atoms with Crippen molar-refractivity contribution in [3.63, 3.8) is 0 Å². The number of hydrogen-bond donors (Lipinski definition) is 1. The van der Waals surface area contributed by atoms with Crippen molar-refractivity contribution in [1.82, 2.24) is 4.90 Å². The van der Waals surface area contributed by atoms with Gasteiger partial charge in [0, 0.05) is 19.1 Å². The Labute approximate surface area is 118 Å². The Hall–Kier alpha value is -1.65. The molecule has 0 amide bonds. The van der Waals surface area contributed by atoms with Crippen LogP contribution in [0.2, 0.25) is 0 Å². The first-order valence-corrected chi connectivity index (χ1v) is 6.99. The summed E-state index contributed by atoms with van der Waals surface area (Å²) >= 11 is 0. The molecule has 1 aliphatic rings. The molecule has 1 aromatic heterocycles. The molecule has 1 saturated carbocycles. The topological polar surface area (TPSA) is 42.4 Å². The van der Waals surface area contributed by atoms with Crippen LogP contribution in [0.15, 0.2) is 41.0 Å². The fourth-order valence-electron chi connectivity index (χ4n) is 2.52. The van der Waals surface area contributed by atoms with E-state index >= 15 is 0 Å². The molecule has 1 fully saturated rings. The normalized spacial score (nSPS) is 14.9. The van der Waals surface area contributed by atoms with Gasteiger partial charge in [-0.2, -0.15) is 0 Å². The highest BCUT2D eigenvalue weighted by Crippen LogP contribution is 2.30. The van der Waals surface area contributed by atoms with Gasteiger partial charge in [0.25, 0.3) is 0 Å². The van der Waals surface area contributed by atoms with Crippen LogP contribution in [0.1, 0.15) is 29.7 Å². The maximum Gasteiger partial charge on any atom is 0.123 e. The zero-order valence-corrected chi connectivity index (χ0v) is 11.4. The summed E-state index contributed by atoms with van der Waals surface area (Å²) in [4.78, 5) is 2.34. The van der Waals surface area contributed by atoms with Crippen molar-refractivity contribution >= 4 is 0 Å². The lowest BCUT2D eigenvalue weighted by Gasteiger charge is -2.21. The van der Waals surface area contributed by atoms with Crippen LogP contribution < -0.4 is 5.73 Å². The quantitative estimate of drug-likeness (QED) is 0.880. The zero-order valence-electron chi connectivity index (χ0n) is 11.4. The van der Waals surface area contributed by atoms with E-state index in [1.54, 1.807) is 12.3 Å². The fourth-order valence-corrected chi connectivity index (χ4v) is 2.52. The van der Waals surface area contributed by atoms with Crippen LogP contribution >= 0.6 is 0 Å². The molecule has 2 N–H and O–H groups in total. The lowest BCUT2D eigenvalue weighted by atomic mass is 10.1. The molecule has 0 unspecified atom stereocenters. The van der Waals surface area contributed by atoms with Gasteiger partial charge in [0.2, 0.25) is 0 Å². The van der Waals surface area contributed by atoms with Gasteiger partial charge in [-0.1, -0.05) is 6.07 Å². The minimum absolute atomic E-state index is 0.211. The SMILES string of the molecule is NCc1cc(F)cc(CN(Cc2ccco2)C2CC2)c1. The predicted octanol–water partition coefficient (Wildman–Crippen LogP) is 3.04. The van der Waals surface area contributed by atoms with Gasteiger partial charge in [-0.05, 0) is 48.2 Å². The summed E-state index contributed by atoms with van der Waals surface area (Å²) in [7, 11) is 0. The van der Waals surface area contributed by atoms with E-state index in [-0.39, 0.29) is 5.82 Å². The van der Waals surface area contributed by atoms with Crippen molar-refractivity contribution in [2.45, 2.75) is 38.5 Å². The highest BCUT2D eigenvalue weighted by molar-refractivity contribution is 5.25. The standard InChI is InChI=1S/C16H19FN2O/c17-14-7-12(9-18)6-13(8-14)10-19(15-3-4-15)11-16-2-1-5-20-16/h1-2,5-8,15H,3-4,9-11,18H2. The van der Waals surface area contributed by atoms with Crippen LogP contribution in [0.3, 0.4) is 0 Å². The number of nitrogens with zero attached hydrogens (tertiary/aromatic N) is 1. The monoisotopic (exact) mass is 274 g/mol. The lowest BCUT2D eigenvalue weighted by molar-refractivity contribution is 0.225. The van der Waals surface area contributed by atoms with Gasteiger partial charge in [-0.3, -0.25) is 4.90 Å². The third kappa shape index (κ3) is 3.26. The average Bonchev–Trinajstić information content (AvgIpc) is 3.16. The van der Waals surface area contributed by atoms with Gasteiger partial charge in [0.05, 0.1) is 12.8 Å². The Kier molecular flexibility index (Phi) is 3.85. The highest BCUT2D eigenvalue weighted by atomic mass is 19.1. The Morgan fingerprint density at radius 1 is 1.20 bits per heavy atom. The van der Waals surface area contributed by atoms with E-state index in [9.17, 15) is 4.39 Å². The molecule has 20 heavy (non-hydrogen) atoms. The number of halogens is 1. The molecule has 1 aromatic carbocycles.